The minimum Gasteiger partial charge on any atom is -0.345 e. The summed E-state index contributed by atoms with van der Waals surface area (Å²) in [5.74, 6) is -0.111. The minimum atomic E-state index is -0.111. The molecule has 1 heterocycles. The first-order valence-electron chi connectivity index (χ1n) is 8.67. The summed E-state index contributed by atoms with van der Waals surface area (Å²) in [4.78, 5) is 22.5. The van der Waals surface area contributed by atoms with Crippen LogP contribution in [-0.4, -0.2) is 33.9 Å². The van der Waals surface area contributed by atoms with Crippen molar-refractivity contribution in [3.63, 3.8) is 0 Å². The number of hydrogen-bond donors (Lipinski definition) is 2. The molecule has 25 heavy (non-hydrogen) atoms. The normalized spacial score (nSPS) is 11.2. The average molecular weight is 336 g/mol. The van der Waals surface area contributed by atoms with Gasteiger partial charge in [-0.2, -0.15) is 0 Å². The first kappa shape index (κ1) is 17.2. The Labute approximate surface area is 148 Å². The highest BCUT2D eigenvalue weighted by Gasteiger charge is 2.13. The zero-order chi connectivity index (χ0) is 17.8. The van der Waals surface area contributed by atoms with Crippen molar-refractivity contribution in [1.82, 2.24) is 14.9 Å². The Bertz CT molecular complexity index is 880. The number of rotatable bonds is 6. The summed E-state index contributed by atoms with van der Waals surface area (Å²) < 4.78 is 0. The second-order valence-corrected chi connectivity index (χ2v) is 6.17. The van der Waals surface area contributed by atoms with Gasteiger partial charge >= 0.3 is 0 Å². The SMILES string of the molecule is CCN(CC)Cc1cccc(C(=O)Nc2c(C)ccc3[nH]cnc23)c1. The maximum Gasteiger partial charge on any atom is 0.255 e. The molecule has 0 unspecified atom stereocenters. The molecule has 0 atom stereocenters. The Morgan fingerprint density at radius 1 is 1.20 bits per heavy atom. The number of benzene rings is 2. The molecule has 0 aliphatic carbocycles. The molecular formula is C20H24N4O. The van der Waals surface area contributed by atoms with Gasteiger partial charge in [0, 0.05) is 12.1 Å². The number of imidazole rings is 1. The number of aromatic nitrogens is 2. The number of hydrogen-bond acceptors (Lipinski definition) is 3. The standard InChI is InChI=1S/C20H24N4O/c1-4-24(5-2)12-15-7-6-8-16(11-15)20(25)23-18-14(3)9-10-17-19(18)22-13-21-17/h6-11,13H,4-5,12H2,1-3H3,(H,21,22)(H,23,25). The molecule has 2 N–H and O–H groups in total. The first-order chi connectivity index (χ1) is 12.1. The second kappa shape index (κ2) is 7.49. The van der Waals surface area contributed by atoms with Crippen molar-refractivity contribution >= 4 is 22.6 Å². The number of carbonyl (C=O) groups is 1. The highest BCUT2D eigenvalue weighted by atomic mass is 16.1. The smallest absolute Gasteiger partial charge is 0.255 e. The van der Waals surface area contributed by atoms with Crippen LogP contribution >= 0.6 is 0 Å². The molecule has 130 valence electrons. The van der Waals surface area contributed by atoms with E-state index in [9.17, 15) is 4.79 Å². The minimum absolute atomic E-state index is 0.111. The van der Waals surface area contributed by atoms with E-state index in [-0.39, 0.29) is 5.91 Å². The van der Waals surface area contributed by atoms with Crippen LogP contribution in [0, 0.1) is 6.92 Å². The van der Waals surface area contributed by atoms with Gasteiger partial charge in [0.25, 0.3) is 5.91 Å². The summed E-state index contributed by atoms with van der Waals surface area (Å²) >= 11 is 0. The zero-order valence-electron chi connectivity index (χ0n) is 15.0. The van der Waals surface area contributed by atoms with Gasteiger partial charge in [0.1, 0.15) is 5.52 Å². The van der Waals surface area contributed by atoms with Crippen molar-refractivity contribution in [1.29, 1.82) is 0 Å². The van der Waals surface area contributed by atoms with Crippen molar-refractivity contribution in [2.24, 2.45) is 0 Å². The molecule has 0 saturated carbocycles. The van der Waals surface area contributed by atoms with Crippen molar-refractivity contribution in [2.45, 2.75) is 27.3 Å². The third-order valence-corrected chi connectivity index (χ3v) is 4.53. The van der Waals surface area contributed by atoms with Crippen LogP contribution in [0.15, 0.2) is 42.7 Å². The van der Waals surface area contributed by atoms with Crippen LogP contribution in [-0.2, 0) is 6.54 Å². The Kier molecular flexibility index (Phi) is 5.14. The third kappa shape index (κ3) is 3.72. The molecule has 3 aromatic rings. The molecule has 0 saturated heterocycles. The lowest BCUT2D eigenvalue weighted by molar-refractivity contribution is 0.102. The van der Waals surface area contributed by atoms with Gasteiger partial charge in [-0.1, -0.05) is 32.0 Å². The van der Waals surface area contributed by atoms with Crippen LogP contribution in [0.1, 0.15) is 35.3 Å². The molecule has 1 amide bonds. The van der Waals surface area contributed by atoms with Crippen LogP contribution in [0.4, 0.5) is 5.69 Å². The predicted octanol–water partition coefficient (Wildman–Crippen LogP) is 3.97. The number of nitrogens with zero attached hydrogens (tertiary/aromatic N) is 2. The second-order valence-electron chi connectivity index (χ2n) is 6.17. The molecule has 0 spiro atoms. The van der Waals surface area contributed by atoms with Gasteiger partial charge in [-0.05, 0) is 49.3 Å². The fraction of sp³-hybridized carbons (Fsp3) is 0.300. The summed E-state index contributed by atoms with van der Waals surface area (Å²) in [6, 6.07) is 11.8. The molecule has 5 heteroatoms. The van der Waals surface area contributed by atoms with Gasteiger partial charge in [0.2, 0.25) is 0 Å². The van der Waals surface area contributed by atoms with Crippen molar-refractivity contribution in [2.75, 3.05) is 18.4 Å². The van der Waals surface area contributed by atoms with Crippen molar-refractivity contribution in [3.8, 4) is 0 Å². The first-order valence-corrected chi connectivity index (χ1v) is 8.67. The van der Waals surface area contributed by atoms with Crippen LogP contribution < -0.4 is 5.32 Å². The van der Waals surface area contributed by atoms with Crippen LogP contribution in [0.2, 0.25) is 0 Å². The molecular weight excluding hydrogens is 312 g/mol. The number of fused-ring (bicyclic) bond motifs is 1. The fourth-order valence-electron chi connectivity index (χ4n) is 2.97. The van der Waals surface area contributed by atoms with Crippen LogP contribution in [0.5, 0.6) is 0 Å². The molecule has 0 radical (unpaired) electrons. The summed E-state index contributed by atoms with van der Waals surface area (Å²) in [5.41, 5.74) is 5.26. The highest BCUT2D eigenvalue weighted by Crippen LogP contribution is 2.25. The molecule has 2 aromatic carbocycles. The molecule has 3 rings (SSSR count). The largest absolute Gasteiger partial charge is 0.345 e. The number of amides is 1. The third-order valence-electron chi connectivity index (χ3n) is 4.53. The van der Waals surface area contributed by atoms with E-state index >= 15 is 0 Å². The maximum atomic E-state index is 12.7. The number of carbonyl (C=O) groups excluding carboxylic acids is 1. The van der Waals surface area contributed by atoms with Gasteiger partial charge in [0.05, 0.1) is 17.5 Å². The summed E-state index contributed by atoms with van der Waals surface area (Å²) in [5, 5.41) is 3.03. The Balaban J connectivity index is 1.83. The van der Waals surface area contributed by atoms with E-state index in [0.29, 0.717) is 5.56 Å². The quantitative estimate of drug-likeness (QED) is 0.716. The van der Waals surface area contributed by atoms with E-state index < -0.39 is 0 Å². The molecule has 1 aromatic heterocycles. The topological polar surface area (TPSA) is 61.0 Å². The summed E-state index contributed by atoms with van der Waals surface area (Å²) in [6.07, 6.45) is 1.64. The average Bonchev–Trinajstić information content (AvgIpc) is 3.11. The Hall–Kier alpha value is -2.66. The molecule has 0 aliphatic heterocycles. The van der Waals surface area contributed by atoms with Gasteiger partial charge in [-0.25, -0.2) is 4.98 Å². The molecule has 0 aliphatic rings. The maximum absolute atomic E-state index is 12.7. The number of nitrogens with one attached hydrogen (secondary N) is 2. The van der Waals surface area contributed by atoms with Gasteiger partial charge < -0.3 is 10.3 Å². The summed E-state index contributed by atoms with van der Waals surface area (Å²) in [7, 11) is 0. The monoisotopic (exact) mass is 336 g/mol. The van der Waals surface area contributed by atoms with E-state index in [1.54, 1.807) is 6.33 Å². The lowest BCUT2D eigenvalue weighted by Crippen LogP contribution is -2.22. The highest BCUT2D eigenvalue weighted by molar-refractivity contribution is 6.08. The van der Waals surface area contributed by atoms with E-state index in [2.05, 4.69) is 40.1 Å². The molecule has 5 nitrogen and oxygen atoms in total. The number of H-pyrrole nitrogens is 1. The number of anilines is 1. The van der Waals surface area contributed by atoms with Gasteiger partial charge in [0.15, 0.2) is 0 Å². The van der Waals surface area contributed by atoms with Crippen molar-refractivity contribution < 1.29 is 4.79 Å². The lowest BCUT2D eigenvalue weighted by Gasteiger charge is -2.18. The van der Waals surface area contributed by atoms with Crippen LogP contribution in [0.3, 0.4) is 0 Å². The van der Waals surface area contributed by atoms with E-state index in [1.807, 2.05) is 37.3 Å². The summed E-state index contributed by atoms with van der Waals surface area (Å²) in [6.45, 7) is 9.10. The molecule has 0 bridgehead atoms. The number of aryl methyl sites for hydroxylation is 1. The van der Waals surface area contributed by atoms with E-state index in [4.69, 9.17) is 0 Å². The van der Waals surface area contributed by atoms with Gasteiger partial charge in [-0.3, -0.25) is 9.69 Å². The lowest BCUT2D eigenvalue weighted by atomic mass is 10.1. The zero-order valence-corrected chi connectivity index (χ0v) is 15.0. The van der Waals surface area contributed by atoms with E-state index in [0.717, 1.165) is 47.5 Å². The van der Waals surface area contributed by atoms with E-state index in [1.165, 1.54) is 0 Å². The predicted molar refractivity (Wildman–Crippen MR) is 102 cm³/mol. The van der Waals surface area contributed by atoms with Gasteiger partial charge in [-0.15, -0.1) is 0 Å². The fourth-order valence-corrected chi connectivity index (χ4v) is 2.97. The Morgan fingerprint density at radius 2 is 2.00 bits per heavy atom. The Morgan fingerprint density at radius 3 is 2.76 bits per heavy atom. The van der Waals surface area contributed by atoms with Crippen molar-refractivity contribution in [3.05, 3.63) is 59.4 Å². The number of aromatic amines is 1. The van der Waals surface area contributed by atoms with Crippen LogP contribution in [0.25, 0.3) is 11.0 Å². The molecule has 0 fully saturated rings.